The molecule has 0 fully saturated rings. The molecular weight excluding hydrogens is 379 g/mol. The zero-order valence-electron chi connectivity index (χ0n) is 15.4. The van der Waals surface area contributed by atoms with Crippen molar-refractivity contribution in [3.63, 3.8) is 0 Å². The molecule has 0 radical (unpaired) electrons. The average molecular weight is 399 g/mol. The van der Waals surface area contributed by atoms with Crippen molar-refractivity contribution < 1.29 is 0 Å². The molecule has 0 saturated carbocycles. The Morgan fingerprint density at radius 3 is 1.18 bits per heavy atom. The Hall–Kier alpha value is -2.75. The minimum absolute atomic E-state index is 0.658. The number of benzene rings is 4. The highest BCUT2D eigenvalue weighted by Gasteiger charge is 2.25. The molecule has 136 valence electrons. The summed E-state index contributed by atoms with van der Waals surface area (Å²) in [5.74, 6) is 0. The first-order valence-electron chi connectivity index (χ1n) is 9.23. The van der Waals surface area contributed by atoms with E-state index in [1.54, 1.807) is 0 Å². The van der Waals surface area contributed by atoms with Crippen molar-refractivity contribution in [3.05, 3.63) is 127 Å². The maximum absolute atomic E-state index is 6.87. The fourth-order valence-electron chi connectivity index (χ4n) is 3.39. The molecule has 0 atom stereocenters. The van der Waals surface area contributed by atoms with Crippen LogP contribution in [0.5, 0.6) is 0 Å². The molecule has 0 N–H and O–H groups in total. The molecule has 0 aliphatic heterocycles. The van der Waals surface area contributed by atoms with Gasteiger partial charge in [-0.2, -0.15) is 0 Å². The summed E-state index contributed by atoms with van der Waals surface area (Å²) in [5, 5.41) is 4.37. The van der Waals surface area contributed by atoms with E-state index < -0.39 is 6.89 Å². The quantitative estimate of drug-likeness (QED) is 0.389. The summed E-state index contributed by atoms with van der Waals surface area (Å²) >= 11 is 6.87. The molecule has 0 nitrogen and oxygen atoms in total. The Morgan fingerprint density at radius 1 is 0.500 bits per heavy atom. The minimum atomic E-state index is -2.19. The highest BCUT2D eigenvalue weighted by atomic mass is 35.5. The van der Waals surface area contributed by atoms with Crippen LogP contribution in [-0.2, 0) is 0 Å². The lowest BCUT2D eigenvalue weighted by Gasteiger charge is -2.26. The van der Waals surface area contributed by atoms with Crippen molar-refractivity contribution in [2.45, 2.75) is 0 Å². The summed E-state index contributed by atoms with van der Waals surface area (Å²) in [5.41, 5.74) is 4.77. The Balaban J connectivity index is 2.19. The van der Waals surface area contributed by atoms with Gasteiger partial charge in [0.2, 0.25) is 0 Å². The summed E-state index contributed by atoms with van der Waals surface area (Å²) in [6.07, 6.45) is 0. The molecule has 4 aromatic carbocycles. The van der Waals surface area contributed by atoms with Crippen LogP contribution < -0.4 is 15.9 Å². The van der Waals surface area contributed by atoms with E-state index in [-0.39, 0.29) is 0 Å². The molecule has 0 amide bonds. The van der Waals surface area contributed by atoms with Crippen LogP contribution in [-0.4, -0.2) is 5.45 Å². The largest absolute Gasteiger partial charge is 0.0922 e. The number of hydrogen-bond donors (Lipinski definition) is 0. The lowest BCUT2D eigenvalue weighted by atomic mass is 10.2. The van der Waals surface area contributed by atoms with E-state index in [1.165, 1.54) is 15.9 Å². The van der Waals surface area contributed by atoms with E-state index in [4.69, 9.17) is 11.6 Å². The molecule has 2 heteroatoms. The summed E-state index contributed by atoms with van der Waals surface area (Å²) < 4.78 is 0. The summed E-state index contributed by atoms with van der Waals surface area (Å²) in [6.45, 7) is -2.19. The van der Waals surface area contributed by atoms with Crippen LogP contribution in [0.25, 0.3) is 5.03 Å². The van der Waals surface area contributed by atoms with Gasteiger partial charge in [0.15, 0.2) is 0 Å². The molecule has 4 rings (SSSR count). The SMILES string of the molecule is ClC(=C=P(c1ccccc1)(c1ccccc1)c1ccccc1)c1ccccc1. The fraction of sp³-hybridized carbons (Fsp3) is 0. The van der Waals surface area contributed by atoms with Gasteiger partial charge in [0.1, 0.15) is 0 Å². The molecular formula is C26H20ClP. The molecule has 0 aromatic heterocycles. The molecule has 4 aromatic rings. The monoisotopic (exact) mass is 398 g/mol. The van der Waals surface area contributed by atoms with E-state index in [9.17, 15) is 0 Å². The molecule has 0 heterocycles. The lowest BCUT2D eigenvalue weighted by Crippen LogP contribution is -2.26. The van der Waals surface area contributed by atoms with Crippen molar-refractivity contribution in [1.82, 2.24) is 0 Å². The third kappa shape index (κ3) is 3.64. The Kier molecular flexibility index (Phi) is 5.65. The van der Waals surface area contributed by atoms with Crippen LogP contribution >= 0.6 is 18.5 Å². The van der Waals surface area contributed by atoms with Gasteiger partial charge in [0.05, 0.1) is 5.03 Å². The van der Waals surface area contributed by atoms with Crippen LogP contribution in [0, 0.1) is 0 Å². The van der Waals surface area contributed by atoms with Gasteiger partial charge in [0, 0.05) is 12.4 Å². The maximum Gasteiger partial charge on any atom is 0.0902 e. The van der Waals surface area contributed by atoms with Gasteiger partial charge in [-0.25, -0.2) is 0 Å². The highest BCUT2D eigenvalue weighted by Crippen LogP contribution is 2.43. The van der Waals surface area contributed by atoms with E-state index in [1.807, 2.05) is 30.3 Å². The second kappa shape index (κ2) is 8.51. The summed E-state index contributed by atoms with van der Waals surface area (Å²) in [6, 6.07) is 41.9. The van der Waals surface area contributed by atoms with Crippen LogP contribution in [0.1, 0.15) is 5.56 Å². The maximum atomic E-state index is 6.87. The topological polar surface area (TPSA) is 0 Å². The number of halogens is 1. The molecule has 0 bridgehead atoms. The van der Waals surface area contributed by atoms with Crippen molar-refractivity contribution in [1.29, 1.82) is 0 Å². The Morgan fingerprint density at radius 2 is 0.821 bits per heavy atom. The highest BCUT2D eigenvalue weighted by molar-refractivity contribution is 7.94. The standard InChI is InChI=1S/C26H20ClP/c27-26(22-13-5-1-6-14-22)21-28(23-15-7-2-8-16-23,24-17-9-3-10-18-24)25-19-11-4-12-20-25/h1-20H. The molecule has 28 heavy (non-hydrogen) atoms. The van der Waals surface area contributed by atoms with Gasteiger partial charge in [-0.15, -0.1) is 0 Å². The van der Waals surface area contributed by atoms with E-state index in [0.29, 0.717) is 5.03 Å². The van der Waals surface area contributed by atoms with Gasteiger partial charge in [0.25, 0.3) is 0 Å². The second-order valence-corrected chi connectivity index (χ2v) is 9.96. The van der Waals surface area contributed by atoms with Crippen molar-refractivity contribution in [3.8, 4) is 0 Å². The lowest BCUT2D eigenvalue weighted by molar-refractivity contribution is 1.66. The van der Waals surface area contributed by atoms with Crippen molar-refractivity contribution in [2.75, 3.05) is 0 Å². The van der Waals surface area contributed by atoms with E-state index in [2.05, 4.69) is 96.4 Å². The Bertz CT molecular complexity index is 1020. The first-order valence-corrected chi connectivity index (χ1v) is 11.4. The first-order chi connectivity index (χ1) is 13.8. The van der Waals surface area contributed by atoms with Crippen molar-refractivity contribution in [2.24, 2.45) is 0 Å². The van der Waals surface area contributed by atoms with Crippen LogP contribution in [0.2, 0.25) is 0 Å². The smallest absolute Gasteiger partial charge is 0.0902 e. The third-order valence-electron chi connectivity index (χ3n) is 4.72. The van der Waals surface area contributed by atoms with Gasteiger partial charge in [-0.3, -0.25) is 0 Å². The molecule has 0 aliphatic carbocycles. The van der Waals surface area contributed by atoms with Crippen LogP contribution in [0.15, 0.2) is 121 Å². The molecule has 0 unspecified atom stereocenters. The predicted molar refractivity (Wildman–Crippen MR) is 126 cm³/mol. The zero-order valence-corrected chi connectivity index (χ0v) is 17.0. The van der Waals surface area contributed by atoms with Gasteiger partial charge < -0.3 is 0 Å². The summed E-state index contributed by atoms with van der Waals surface area (Å²) in [4.78, 5) is 0. The van der Waals surface area contributed by atoms with Crippen LogP contribution in [0.4, 0.5) is 0 Å². The van der Waals surface area contributed by atoms with Crippen molar-refractivity contribution >= 4 is 44.9 Å². The second-order valence-electron chi connectivity index (χ2n) is 6.47. The number of rotatable bonds is 4. The molecule has 0 aliphatic rings. The van der Waals surface area contributed by atoms with E-state index >= 15 is 0 Å². The van der Waals surface area contributed by atoms with Crippen LogP contribution in [0.3, 0.4) is 0 Å². The molecule has 0 saturated heterocycles. The number of hydrogen-bond acceptors (Lipinski definition) is 0. The summed E-state index contributed by atoms with van der Waals surface area (Å²) in [7, 11) is 0. The fourth-order valence-corrected chi connectivity index (χ4v) is 7.46. The van der Waals surface area contributed by atoms with Gasteiger partial charge >= 0.3 is 0 Å². The minimum Gasteiger partial charge on any atom is -0.0922 e. The normalized spacial score (nSPS) is 10.9. The van der Waals surface area contributed by atoms with E-state index in [0.717, 1.165) is 5.56 Å². The first kappa shape index (κ1) is 18.6. The van der Waals surface area contributed by atoms with Gasteiger partial charge in [-0.05, 0) is 15.9 Å². The average Bonchev–Trinajstić information content (AvgIpc) is 2.80. The zero-order chi connectivity index (χ0) is 19.2. The van der Waals surface area contributed by atoms with Gasteiger partial charge in [-0.1, -0.05) is 138 Å². The molecule has 0 spiro atoms. The predicted octanol–water partition coefficient (Wildman–Crippen LogP) is 5.66. The Labute approximate surface area is 171 Å². The third-order valence-corrected chi connectivity index (χ3v) is 8.95.